The van der Waals surface area contributed by atoms with Crippen molar-refractivity contribution >= 4 is 28.4 Å². The van der Waals surface area contributed by atoms with E-state index in [0.717, 1.165) is 14.8 Å². The van der Waals surface area contributed by atoms with Gasteiger partial charge in [-0.25, -0.2) is 0 Å². The van der Waals surface area contributed by atoms with E-state index in [-0.39, 0.29) is 5.78 Å². The van der Waals surface area contributed by atoms with Gasteiger partial charge in [0.15, 0.2) is 5.78 Å². The summed E-state index contributed by atoms with van der Waals surface area (Å²) in [6, 6.07) is 10.2. The third kappa shape index (κ3) is 3.11. The number of aromatic nitrogens is 2. The van der Waals surface area contributed by atoms with Crippen molar-refractivity contribution in [1.82, 2.24) is 9.78 Å². The minimum atomic E-state index is 0.139. The highest BCUT2D eigenvalue weighted by Crippen LogP contribution is 2.28. The highest BCUT2D eigenvalue weighted by Gasteiger charge is 2.18. The maximum absolute atomic E-state index is 12.2. The molecule has 0 atom stereocenters. The van der Waals surface area contributed by atoms with E-state index in [4.69, 9.17) is 0 Å². The highest BCUT2D eigenvalue weighted by molar-refractivity contribution is 14.1. The first-order valence-electron chi connectivity index (χ1n) is 7.05. The lowest BCUT2D eigenvalue weighted by Crippen LogP contribution is -2.08. The maximum atomic E-state index is 12.2. The van der Waals surface area contributed by atoms with E-state index in [1.165, 1.54) is 25.7 Å². The molecule has 20 heavy (non-hydrogen) atoms. The molecule has 1 heterocycles. The lowest BCUT2D eigenvalue weighted by molar-refractivity contribution is 0.0991. The predicted molar refractivity (Wildman–Crippen MR) is 86.9 cm³/mol. The zero-order valence-electron chi connectivity index (χ0n) is 11.3. The Balaban J connectivity index is 1.70. The maximum Gasteiger partial charge on any atom is 0.168 e. The van der Waals surface area contributed by atoms with Crippen LogP contribution in [0.4, 0.5) is 0 Å². The molecule has 0 bridgehead atoms. The van der Waals surface area contributed by atoms with Crippen LogP contribution in [0, 0.1) is 3.57 Å². The number of benzene rings is 1. The van der Waals surface area contributed by atoms with E-state index in [9.17, 15) is 4.79 Å². The summed E-state index contributed by atoms with van der Waals surface area (Å²) in [5, 5.41) is 4.57. The Morgan fingerprint density at radius 1 is 1.30 bits per heavy atom. The van der Waals surface area contributed by atoms with E-state index in [1.54, 1.807) is 0 Å². The van der Waals surface area contributed by atoms with Crippen molar-refractivity contribution in [2.45, 2.75) is 38.1 Å². The number of carbonyl (C=O) groups excluding carboxylic acids is 1. The average Bonchev–Trinajstić information content (AvgIpc) is 3.08. The summed E-state index contributed by atoms with van der Waals surface area (Å²) >= 11 is 2.23. The summed E-state index contributed by atoms with van der Waals surface area (Å²) in [6.07, 6.45) is 7.42. The van der Waals surface area contributed by atoms with Gasteiger partial charge < -0.3 is 0 Å². The number of rotatable bonds is 4. The van der Waals surface area contributed by atoms with Gasteiger partial charge in [-0.1, -0.05) is 25.0 Å². The van der Waals surface area contributed by atoms with Gasteiger partial charge in [-0.2, -0.15) is 5.10 Å². The molecule has 1 saturated carbocycles. The predicted octanol–water partition coefficient (Wildman–Crippen LogP) is 4.03. The monoisotopic (exact) mass is 380 g/mol. The van der Waals surface area contributed by atoms with Gasteiger partial charge in [0.2, 0.25) is 0 Å². The summed E-state index contributed by atoms with van der Waals surface area (Å²) in [7, 11) is 0. The SMILES string of the molecule is O=C(Cc1ccn(C2CCCC2)n1)c1cccc(I)c1. The van der Waals surface area contributed by atoms with Crippen molar-refractivity contribution in [1.29, 1.82) is 0 Å². The molecule has 0 aliphatic heterocycles. The number of hydrogen-bond acceptors (Lipinski definition) is 2. The second-order valence-corrected chi connectivity index (χ2v) is 6.58. The first-order chi connectivity index (χ1) is 9.72. The van der Waals surface area contributed by atoms with Crippen molar-refractivity contribution in [2.75, 3.05) is 0 Å². The Morgan fingerprint density at radius 2 is 2.10 bits per heavy atom. The van der Waals surface area contributed by atoms with Gasteiger partial charge >= 0.3 is 0 Å². The molecule has 1 aromatic carbocycles. The van der Waals surface area contributed by atoms with Crippen LogP contribution >= 0.6 is 22.6 Å². The van der Waals surface area contributed by atoms with Crippen molar-refractivity contribution in [3.8, 4) is 0 Å². The van der Waals surface area contributed by atoms with Gasteiger partial charge in [0.05, 0.1) is 18.2 Å². The van der Waals surface area contributed by atoms with E-state index in [2.05, 4.69) is 27.7 Å². The summed E-state index contributed by atoms with van der Waals surface area (Å²) in [5.41, 5.74) is 1.65. The molecule has 3 rings (SSSR count). The molecule has 0 N–H and O–H groups in total. The molecule has 0 saturated heterocycles. The van der Waals surface area contributed by atoms with Crippen LogP contribution in [0.3, 0.4) is 0 Å². The van der Waals surface area contributed by atoms with Crippen molar-refractivity contribution < 1.29 is 4.79 Å². The van der Waals surface area contributed by atoms with Crippen LogP contribution in [0.1, 0.15) is 47.8 Å². The average molecular weight is 380 g/mol. The van der Waals surface area contributed by atoms with Gasteiger partial charge in [0.1, 0.15) is 0 Å². The van der Waals surface area contributed by atoms with Crippen LogP contribution < -0.4 is 0 Å². The van der Waals surface area contributed by atoms with Crippen molar-refractivity contribution in [3.63, 3.8) is 0 Å². The summed E-state index contributed by atoms with van der Waals surface area (Å²) in [5.74, 6) is 0.139. The molecule has 0 amide bonds. The third-order valence-electron chi connectivity index (χ3n) is 3.85. The zero-order chi connectivity index (χ0) is 13.9. The molecule has 0 radical (unpaired) electrons. The molecule has 1 aliphatic carbocycles. The number of ketones is 1. The van der Waals surface area contributed by atoms with Crippen LogP contribution in [-0.2, 0) is 6.42 Å². The molecule has 1 aromatic heterocycles. The Bertz CT molecular complexity index is 614. The zero-order valence-corrected chi connectivity index (χ0v) is 13.4. The fourth-order valence-corrected chi connectivity index (χ4v) is 3.32. The van der Waals surface area contributed by atoms with Gasteiger partial charge in [-0.05, 0) is 53.6 Å². The van der Waals surface area contributed by atoms with Crippen LogP contribution in [0.2, 0.25) is 0 Å². The molecule has 0 spiro atoms. The van der Waals surface area contributed by atoms with Crippen LogP contribution in [0.5, 0.6) is 0 Å². The fourth-order valence-electron chi connectivity index (χ4n) is 2.77. The molecule has 1 fully saturated rings. The molecule has 1 aliphatic rings. The summed E-state index contributed by atoms with van der Waals surface area (Å²) in [4.78, 5) is 12.2. The van der Waals surface area contributed by atoms with Crippen LogP contribution in [0.25, 0.3) is 0 Å². The molecule has 104 valence electrons. The van der Waals surface area contributed by atoms with Gasteiger partial charge in [-0.3, -0.25) is 9.48 Å². The van der Waals surface area contributed by atoms with Crippen molar-refractivity contribution in [2.24, 2.45) is 0 Å². The quantitative estimate of drug-likeness (QED) is 0.593. The normalized spacial score (nSPS) is 15.7. The number of halogens is 1. The van der Waals surface area contributed by atoms with Gasteiger partial charge in [0, 0.05) is 15.3 Å². The Kier molecular flexibility index (Phi) is 4.19. The van der Waals surface area contributed by atoms with Crippen molar-refractivity contribution in [3.05, 3.63) is 51.4 Å². The first-order valence-corrected chi connectivity index (χ1v) is 8.13. The first kappa shape index (κ1) is 13.8. The second kappa shape index (κ2) is 6.08. The topological polar surface area (TPSA) is 34.9 Å². The lowest BCUT2D eigenvalue weighted by Gasteiger charge is -2.08. The van der Waals surface area contributed by atoms with Crippen LogP contribution in [0.15, 0.2) is 36.5 Å². The number of hydrogen-bond donors (Lipinski definition) is 0. The highest BCUT2D eigenvalue weighted by atomic mass is 127. The lowest BCUT2D eigenvalue weighted by atomic mass is 10.1. The number of Topliss-reactive ketones (excluding diaryl/α,β-unsaturated/α-hetero) is 1. The third-order valence-corrected chi connectivity index (χ3v) is 4.52. The molecule has 4 heteroatoms. The smallest absolute Gasteiger partial charge is 0.168 e. The van der Waals surface area contributed by atoms with Gasteiger partial charge in [-0.15, -0.1) is 0 Å². The Hall–Kier alpha value is -1.17. The number of nitrogens with zero attached hydrogens (tertiary/aromatic N) is 2. The standard InChI is InChI=1S/C16H17IN2O/c17-13-5-3-4-12(10-13)16(20)11-14-8-9-19(18-14)15-6-1-2-7-15/h3-5,8-10,15H,1-2,6-7,11H2. The molecular weight excluding hydrogens is 363 g/mol. The minimum absolute atomic E-state index is 0.139. The number of carbonyl (C=O) groups is 1. The molecule has 3 nitrogen and oxygen atoms in total. The van der Waals surface area contributed by atoms with E-state index < -0.39 is 0 Å². The summed E-state index contributed by atoms with van der Waals surface area (Å²) < 4.78 is 3.13. The minimum Gasteiger partial charge on any atom is -0.294 e. The molecule has 0 unspecified atom stereocenters. The molecule has 2 aromatic rings. The van der Waals surface area contributed by atoms with Crippen LogP contribution in [-0.4, -0.2) is 15.6 Å². The Labute approximate surface area is 132 Å². The van der Waals surface area contributed by atoms with E-state index in [1.807, 2.05) is 41.2 Å². The largest absolute Gasteiger partial charge is 0.294 e. The Morgan fingerprint density at radius 3 is 2.85 bits per heavy atom. The second-order valence-electron chi connectivity index (χ2n) is 5.34. The van der Waals surface area contributed by atoms with E-state index in [0.29, 0.717) is 12.5 Å². The fraction of sp³-hybridized carbons (Fsp3) is 0.375. The van der Waals surface area contributed by atoms with E-state index >= 15 is 0 Å². The summed E-state index contributed by atoms with van der Waals surface area (Å²) in [6.45, 7) is 0. The molecular formula is C16H17IN2O. The van der Waals surface area contributed by atoms with Gasteiger partial charge in [0.25, 0.3) is 0 Å².